The van der Waals surface area contributed by atoms with Crippen LogP contribution in [0.25, 0.3) is 0 Å². The lowest BCUT2D eigenvalue weighted by Crippen LogP contribution is -1.96. The Morgan fingerprint density at radius 1 is 1.38 bits per heavy atom. The SMILES string of the molecule is CC(=O)c1ccc(O)c(C(=O)S)c1. The Labute approximate surface area is 80.8 Å². The van der Waals surface area contributed by atoms with E-state index in [1.165, 1.54) is 25.1 Å². The van der Waals surface area contributed by atoms with Gasteiger partial charge in [-0.05, 0) is 25.1 Å². The van der Waals surface area contributed by atoms with Gasteiger partial charge in [0.1, 0.15) is 5.75 Å². The highest BCUT2D eigenvalue weighted by atomic mass is 32.1. The van der Waals surface area contributed by atoms with E-state index in [9.17, 15) is 14.7 Å². The largest absolute Gasteiger partial charge is 0.507 e. The van der Waals surface area contributed by atoms with Crippen molar-refractivity contribution in [2.24, 2.45) is 0 Å². The third-order valence-electron chi connectivity index (χ3n) is 1.63. The molecule has 0 bridgehead atoms. The van der Waals surface area contributed by atoms with Crippen molar-refractivity contribution >= 4 is 23.5 Å². The van der Waals surface area contributed by atoms with Gasteiger partial charge in [-0.2, -0.15) is 0 Å². The predicted molar refractivity (Wildman–Crippen MR) is 51.4 cm³/mol. The first-order valence-corrected chi connectivity index (χ1v) is 4.04. The molecule has 1 N–H and O–H groups in total. The molecule has 68 valence electrons. The van der Waals surface area contributed by atoms with Crippen LogP contribution in [0.2, 0.25) is 0 Å². The number of carbonyl (C=O) groups is 2. The third kappa shape index (κ3) is 2.09. The van der Waals surface area contributed by atoms with E-state index in [2.05, 4.69) is 12.6 Å². The molecule has 0 spiro atoms. The van der Waals surface area contributed by atoms with Crippen LogP contribution in [0.15, 0.2) is 18.2 Å². The zero-order valence-electron chi connectivity index (χ0n) is 6.94. The second kappa shape index (κ2) is 3.62. The molecule has 0 aromatic heterocycles. The van der Waals surface area contributed by atoms with Gasteiger partial charge in [0.05, 0.1) is 5.56 Å². The van der Waals surface area contributed by atoms with E-state index in [1.807, 2.05) is 0 Å². The minimum atomic E-state index is -0.555. The average molecular weight is 196 g/mol. The molecule has 1 aromatic rings. The Hall–Kier alpha value is -1.29. The molecule has 13 heavy (non-hydrogen) atoms. The van der Waals surface area contributed by atoms with Crippen LogP contribution in [0.3, 0.4) is 0 Å². The Kier molecular flexibility index (Phi) is 2.72. The summed E-state index contributed by atoms with van der Waals surface area (Å²) in [6, 6.07) is 4.09. The smallest absolute Gasteiger partial charge is 0.220 e. The molecule has 0 saturated heterocycles. The Morgan fingerprint density at radius 3 is 2.46 bits per heavy atom. The molecule has 0 aliphatic carbocycles. The highest BCUT2D eigenvalue weighted by Crippen LogP contribution is 2.20. The van der Waals surface area contributed by atoms with Gasteiger partial charge in [0.25, 0.3) is 0 Å². The van der Waals surface area contributed by atoms with Crippen molar-refractivity contribution in [3.63, 3.8) is 0 Å². The first-order chi connectivity index (χ1) is 6.02. The Bertz CT molecular complexity index is 371. The Balaban J connectivity index is 3.27. The first-order valence-electron chi connectivity index (χ1n) is 3.59. The van der Waals surface area contributed by atoms with Crippen molar-refractivity contribution in [1.29, 1.82) is 0 Å². The van der Waals surface area contributed by atoms with E-state index in [4.69, 9.17) is 0 Å². The van der Waals surface area contributed by atoms with Crippen LogP contribution >= 0.6 is 12.6 Å². The number of benzene rings is 1. The second-order valence-electron chi connectivity index (χ2n) is 2.59. The third-order valence-corrected chi connectivity index (χ3v) is 1.87. The van der Waals surface area contributed by atoms with E-state index in [1.54, 1.807) is 0 Å². The van der Waals surface area contributed by atoms with E-state index >= 15 is 0 Å². The summed E-state index contributed by atoms with van der Waals surface area (Å²) in [6.07, 6.45) is 0. The highest BCUT2D eigenvalue weighted by molar-refractivity contribution is 7.97. The zero-order chi connectivity index (χ0) is 10.0. The molecule has 0 fully saturated rings. The number of thiol groups is 1. The molecule has 0 amide bonds. The van der Waals surface area contributed by atoms with E-state index in [0.717, 1.165) is 0 Å². The minimum absolute atomic E-state index is 0.0519. The van der Waals surface area contributed by atoms with Crippen molar-refractivity contribution in [2.45, 2.75) is 6.92 Å². The van der Waals surface area contributed by atoms with Crippen molar-refractivity contribution in [3.05, 3.63) is 29.3 Å². The lowest BCUT2D eigenvalue weighted by Gasteiger charge is -2.01. The number of rotatable bonds is 2. The number of phenols is 1. The molecule has 3 nitrogen and oxygen atoms in total. The number of Topliss-reactive ketones (excluding diaryl/α,β-unsaturated/α-hetero) is 1. The normalized spacial score (nSPS) is 9.69. The van der Waals surface area contributed by atoms with Gasteiger partial charge in [0.2, 0.25) is 5.12 Å². The van der Waals surface area contributed by atoms with Crippen LogP contribution in [0.5, 0.6) is 5.75 Å². The molecule has 0 unspecified atom stereocenters. The van der Waals surface area contributed by atoms with Crippen LogP contribution in [-0.2, 0) is 0 Å². The molecule has 0 heterocycles. The number of ketones is 1. The molecule has 0 aliphatic rings. The van der Waals surface area contributed by atoms with Gasteiger partial charge in [0.15, 0.2) is 5.78 Å². The van der Waals surface area contributed by atoms with Gasteiger partial charge in [-0.25, -0.2) is 0 Å². The summed E-state index contributed by atoms with van der Waals surface area (Å²) in [5.41, 5.74) is 0.436. The standard InChI is InChI=1S/C9H8O3S/c1-5(10)6-2-3-8(11)7(4-6)9(12)13/h2-4,11H,1H3,(H,12,13). The fraction of sp³-hybridized carbons (Fsp3) is 0.111. The minimum Gasteiger partial charge on any atom is -0.507 e. The summed E-state index contributed by atoms with van der Waals surface area (Å²) in [5.74, 6) is -0.319. The molecular formula is C9H8O3S. The second-order valence-corrected chi connectivity index (χ2v) is 3.00. The van der Waals surface area contributed by atoms with Crippen LogP contribution < -0.4 is 0 Å². The molecule has 0 atom stereocenters. The van der Waals surface area contributed by atoms with Crippen LogP contribution in [0.4, 0.5) is 0 Å². The first kappa shape index (κ1) is 9.80. The maximum Gasteiger partial charge on any atom is 0.220 e. The molecular weight excluding hydrogens is 188 g/mol. The summed E-state index contributed by atoms with van der Waals surface area (Å²) in [4.78, 5) is 21.7. The average Bonchev–Trinajstić information content (AvgIpc) is 2.04. The lowest BCUT2D eigenvalue weighted by molar-refractivity contribution is 0.101. The lowest BCUT2D eigenvalue weighted by atomic mass is 10.1. The highest BCUT2D eigenvalue weighted by Gasteiger charge is 2.09. The maximum atomic E-state index is 10.9. The number of hydrogen-bond acceptors (Lipinski definition) is 3. The molecule has 1 aromatic carbocycles. The van der Waals surface area contributed by atoms with E-state index < -0.39 is 5.12 Å². The van der Waals surface area contributed by atoms with Crippen molar-refractivity contribution < 1.29 is 14.7 Å². The summed E-state index contributed by atoms with van der Waals surface area (Å²) >= 11 is 3.56. The van der Waals surface area contributed by atoms with Gasteiger partial charge in [-0.1, -0.05) is 0 Å². The van der Waals surface area contributed by atoms with Crippen molar-refractivity contribution in [3.8, 4) is 5.75 Å². The van der Waals surface area contributed by atoms with Crippen LogP contribution in [0, 0.1) is 0 Å². The van der Waals surface area contributed by atoms with E-state index in [-0.39, 0.29) is 17.1 Å². The van der Waals surface area contributed by atoms with Crippen molar-refractivity contribution in [2.75, 3.05) is 0 Å². The number of carbonyl (C=O) groups excluding carboxylic acids is 2. The monoisotopic (exact) mass is 196 g/mol. The number of aromatic hydroxyl groups is 1. The van der Waals surface area contributed by atoms with E-state index in [0.29, 0.717) is 5.56 Å². The molecule has 0 saturated carbocycles. The summed E-state index contributed by atoms with van der Waals surface area (Å²) in [5, 5.41) is 8.65. The fourth-order valence-electron chi connectivity index (χ4n) is 0.926. The summed E-state index contributed by atoms with van der Waals surface area (Å²) < 4.78 is 0. The fourth-order valence-corrected chi connectivity index (χ4v) is 1.11. The number of hydrogen-bond donors (Lipinski definition) is 2. The Morgan fingerprint density at radius 2 is 2.00 bits per heavy atom. The quantitative estimate of drug-likeness (QED) is 0.558. The maximum absolute atomic E-state index is 10.9. The molecule has 1 rings (SSSR count). The molecule has 0 aliphatic heterocycles. The van der Waals surface area contributed by atoms with Gasteiger partial charge in [-0.3, -0.25) is 9.59 Å². The summed E-state index contributed by atoms with van der Waals surface area (Å²) in [7, 11) is 0. The zero-order valence-corrected chi connectivity index (χ0v) is 7.84. The topological polar surface area (TPSA) is 54.4 Å². The van der Waals surface area contributed by atoms with Crippen LogP contribution in [-0.4, -0.2) is 16.0 Å². The number of phenolic OH excluding ortho intramolecular Hbond substituents is 1. The van der Waals surface area contributed by atoms with Crippen LogP contribution in [0.1, 0.15) is 27.6 Å². The van der Waals surface area contributed by atoms with Gasteiger partial charge < -0.3 is 5.11 Å². The van der Waals surface area contributed by atoms with Crippen molar-refractivity contribution in [1.82, 2.24) is 0 Å². The summed E-state index contributed by atoms with van der Waals surface area (Å²) in [6.45, 7) is 1.39. The van der Waals surface area contributed by atoms with Gasteiger partial charge >= 0.3 is 0 Å². The predicted octanol–water partition coefficient (Wildman–Crippen LogP) is 1.66. The van der Waals surface area contributed by atoms with Gasteiger partial charge in [-0.15, -0.1) is 12.6 Å². The molecule has 0 radical (unpaired) electrons. The molecule has 4 heteroatoms. The van der Waals surface area contributed by atoms with Gasteiger partial charge in [0, 0.05) is 5.56 Å².